The van der Waals surface area contributed by atoms with Crippen LogP contribution in [-0.2, 0) is 11.5 Å². The van der Waals surface area contributed by atoms with Crippen LogP contribution in [0.15, 0.2) is 90.4 Å². The number of para-hydroxylation sites is 1. The van der Waals surface area contributed by atoms with Crippen LogP contribution >= 0.6 is 0 Å². The molecule has 51 heavy (non-hydrogen) atoms. The van der Waals surface area contributed by atoms with Crippen molar-refractivity contribution in [3.05, 3.63) is 107 Å². The Hall–Kier alpha value is -5.73. The third-order valence-electron chi connectivity index (χ3n) is 8.83. The van der Waals surface area contributed by atoms with Gasteiger partial charge in [-0.25, -0.2) is 19.2 Å². The topological polar surface area (TPSA) is 144 Å². The molecular formula is C37H42N10O3Si. The largest absolute Gasteiger partial charge is 0.497 e. The number of benzene rings is 2. The van der Waals surface area contributed by atoms with Crippen LogP contribution < -0.4 is 21.3 Å². The van der Waals surface area contributed by atoms with E-state index in [-0.39, 0.29) is 5.56 Å². The SMILES string of the molecule is COc1cc(N)cc(-n2ccc(-c3cn(COCC[Si](C)(C)C)c4ncnc(N[C@@H](C)c5nn6ccc(C)c6c(=O)n5-c5ccccc5)c34)n2)c1. The summed E-state index contributed by atoms with van der Waals surface area (Å²) < 4.78 is 18.7. The van der Waals surface area contributed by atoms with Gasteiger partial charge in [0.2, 0.25) is 0 Å². The summed E-state index contributed by atoms with van der Waals surface area (Å²) in [6, 6.07) is 19.5. The Morgan fingerprint density at radius 1 is 0.980 bits per heavy atom. The normalized spacial score (nSPS) is 12.5. The lowest BCUT2D eigenvalue weighted by molar-refractivity contribution is 0.0899. The first-order chi connectivity index (χ1) is 24.5. The standard InChI is InChI=1S/C37H42N10O3Si/c1-24-12-14-46-33(24)37(48)47(27-10-8-7-9-11-27)35(43-46)25(2)41-34-32-30(21-44(36(32)40-22-39-34)23-50-16-17-51(4,5)6)31-13-15-45(42-31)28-18-26(38)19-29(20-28)49-3/h7-15,18-22,25H,16-17,23,38H2,1-6H3,(H,39,40,41)/t25-/m0/s1. The number of aromatic nitrogens is 8. The van der Waals surface area contributed by atoms with Crippen LogP contribution in [0, 0.1) is 6.92 Å². The molecule has 0 radical (unpaired) electrons. The summed E-state index contributed by atoms with van der Waals surface area (Å²) in [6.07, 6.45) is 7.23. The van der Waals surface area contributed by atoms with Crippen LogP contribution in [0.2, 0.25) is 25.7 Å². The summed E-state index contributed by atoms with van der Waals surface area (Å²) in [5, 5.41) is 14.2. The maximum Gasteiger partial charge on any atom is 0.282 e. The molecule has 0 aliphatic rings. The Morgan fingerprint density at radius 2 is 1.78 bits per heavy atom. The van der Waals surface area contributed by atoms with Gasteiger partial charge in [-0.05, 0) is 55.8 Å². The highest BCUT2D eigenvalue weighted by Gasteiger charge is 2.24. The first kappa shape index (κ1) is 33.7. The molecule has 3 N–H and O–H groups in total. The summed E-state index contributed by atoms with van der Waals surface area (Å²) in [7, 11) is 0.328. The number of hydrogen-bond donors (Lipinski definition) is 2. The number of aryl methyl sites for hydroxylation is 1. The molecule has 7 rings (SSSR count). The molecule has 0 saturated heterocycles. The molecule has 5 heterocycles. The molecule has 7 aromatic rings. The number of methoxy groups -OCH3 is 1. The second kappa shape index (κ2) is 13.5. The van der Waals surface area contributed by atoms with Crippen molar-refractivity contribution in [2.45, 2.75) is 52.3 Å². The lowest BCUT2D eigenvalue weighted by atomic mass is 10.1. The molecule has 0 amide bonds. The van der Waals surface area contributed by atoms with Crippen LogP contribution in [0.1, 0.15) is 24.4 Å². The minimum absolute atomic E-state index is 0.152. The molecule has 0 aliphatic carbocycles. The van der Waals surface area contributed by atoms with Crippen molar-refractivity contribution in [2.75, 3.05) is 24.8 Å². The molecule has 0 saturated carbocycles. The highest BCUT2D eigenvalue weighted by molar-refractivity contribution is 6.76. The highest BCUT2D eigenvalue weighted by Crippen LogP contribution is 2.35. The zero-order chi connectivity index (χ0) is 35.9. The van der Waals surface area contributed by atoms with Gasteiger partial charge in [0.05, 0.1) is 35.6 Å². The summed E-state index contributed by atoms with van der Waals surface area (Å²) in [6.45, 7) is 11.9. The maximum atomic E-state index is 14.0. The second-order valence-electron chi connectivity index (χ2n) is 13.9. The highest BCUT2D eigenvalue weighted by atomic mass is 28.3. The van der Waals surface area contributed by atoms with Gasteiger partial charge in [0.15, 0.2) is 5.82 Å². The lowest BCUT2D eigenvalue weighted by Crippen LogP contribution is -2.29. The fourth-order valence-corrected chi connectivity index (χ4v) is 6.90. The van der Waals surface area contributed by atoms with Crippen molar-refractivity contribution >= 4 is 36.1 Å². The predicted molar refractivity (Wildman–Crippen MR) is 203 cm³/mol. The minimum atomic E-state index is -1.28. The molecule has 14 heteroatoms. The zero-order valence-corrected chi connectivity index (χ0v) is 30.7. The summed E-state index contributed by atoms with van der Waals surface area (Å²) in [4.78, 5) is 23.5. The van der Waals surface area contributed by atoms with Crippen LogP contribution in [0.4, 0.5) is 11.5 Å². The number of nitrogens with one attached hydrogen (secondary N) is 1. The van der Waals surface area contributed by atoms with Crippen molar-refractivity contribution in [3.8, 4) is 28.4 Å². The van der Waals surface area contributed by atoms with Crippen molar-refractivity contribution in [3.63, 3.8) is 0 Å². The van der Waals surface area contributed by atoms with Crippen molar-refractivity contribution in [1.82, 2.24) is 38.5 Å². The van der Waals surface area contributed by atoms with Gasteiger partial charge in [-0.2, -0.15) is 10.2 Å². The van der Waals surface area contributed by atoms with E-state index in [2.05, 4.69) is 25.0 Å². The van der Waals surface area contributed by atoms with E-state index < -0.39 is 14.1 Å². The Balaban J connectivity index is 1.33. The maximum absolute atomic E-state index is 14.0. The van der Waals surface area contributed by atoms with E-state index in [1.54, 1.807) is 26.9 Å². The van der Waals surface area contributed by atoms with Crippen LogP contribution in [0.5, 0.6) is 5.75 Å². The number of ether oxygens (including phenoxy) is 2. The number of hydrogen-bond acceptors (Lipinski definition) is 9. The number of nitrogens with two attached hydrogens (primary N) is 1. The van der Waals surface area contributed by atoms with Crippen LogP contribution in [0.25, 0.3) is 39.2 Å². The summed E-state index contributed by atoms with van der Waals surface area (Å²) in [5.41, 5.74) is 11.7. The van der Waals surface area contributed by atoms with Gasteiger partial charge in [-0.1, -0.05) is 37.8 Å². The molecule has 262 valence electrons. The number of fused-ring (bicyclic) bond motifs is 2. The average Bonchev–Trinajstić information content (AvgIpc) is 3.84. The van der Waals surface area contributed by atoms with Gasteiger partial charge in [0, 0.05) is 56.7 Å². The molecule has 2 aromatic carbocycles. The van der Waals surface area contributed by atoms with E-state index in [0.29, 0.717) is 53.3 Å². The number of nitrogen functional groups attached to an aromatic ring is 1. The number of rotatable bonds is 12. The fraction of sp³-hybridized carbons (Fsp3) is 0.270. The Labute approximate surface area is 296 Å². The van der Waals surface area contributed by atoms with E-state index in [9.17, 15) is 4.79 Å². The van der Waals surface area contributed by atoms with Crippen molar-refractivity contribution < 1.29 is 9.47 Å². The van der Waals surface area contributed by atoms with Gasteiger partial charge < -0.3 is 25.1 Å². The van der Waals surface area contributed by atoms with E-state index >= 15 is 0 Å². The van der Waals surface area contributed by atoms with Gasteiger partial charge in [0.25, 0.3) is 5.56 Å². The van der Waals surface area contributed by atoms with Gasteiger partial charge in [-0.15, -0.1) is 0 Å². The van der Waals surface area contributed by atoms with Gasteiger partial charge in [-0.3, -0.25) is 9.36 Å². The quantitative estimate of drug-likeness (QED) is 0.0832. The molecular weight excluding hydrogens is 661 g/mol. The second-order valence-corrected chi connectivity index (χ2v) is 19.5. The lowest BCUT2D eigenvalue weighted by Gasteiger charge is -2.20. The Bertz CT molecular complexity index is 2410. The van der Waals surface area contributed by atoms with Crippen LogP contribution in [-0.4, -0.2) is 60.3 Å². The average molecular weight is 703 g/mol. The van der Waals surface area contributed by atoms with Crippen molar-refractivity contribution in [1.29, 1.82) is 0 Å². The van der Waals surface area contributed by atoms with Crippen molar-refractivity contribution in [2.24, 2.45) is 0 Å². The molecule has 0 aliphatic heterocycles. The molecule has 0 spiro atoms. The first-order valence-corrected chi connectivity index (χ1v) is 20.6. The molecule has 1 atom stereocenters. The van der Waals surface area contributed by atoms with E-state index in [4.69, 9.17) is 35.4 Å². The predicted octanol–water partition coefficient (Wildman–Crippen LogP) is 6.47. The Morgan fingerprint density at radius 3 is 2.55 bits per heavy atom. The van der Waals surface area contributed by atoms with E-state index in [1.165, 1.54) is 6.33 Å². The molecule has 0 fully saturated rings. The Kier molecular flexibility index (Phi) is 8.95. The zero-order valence-electron chi connectivity index (χ0n) is 29.7. The molecule has 5 aromatic heterocycles. The third kappa shape index (κ3) is 6.75. The monoisotopic (exact) mass is 702 g/mol. The first-order valence-electron chi connectivity index (χ1n) is 16.9. The molecule has 0 unspecified atom stereocenters. The molecule has 13 nitrogen and oxygen atoms in total. The van der Waals surface area contributed by atoms with E-state index in [1.807, 2.05) is 91.6 Å². The number of nitrogens with zero attached hydrogens (tertiary/aromatic N) is 8. The fourth-order valence-electron chi connectivity index (χ4n) is 6.14. The summed E-state index contributed by atoms with van der Waals surface area (Å²) >= 11 is 0. The van der Waals surface area contributed by atoms with Crippen LogP contribution in [0.3, 0.4) is 0 Å². The van der Waals surface area contributed by atoms with E-state index in [0.717, 1.165) is 33.9 Å². The van der Waals surface area contributed by atoms with Gasteiger partial charge in [0.1, 0.15) is 35.8 Å². The minimum Gasteiger partial charge on any atom is -0.497 e. The molecule has 0 bridgehead atoms. The van der Waals surface area contributed by atoms with Gasteiger partial charge >= 0.3 is 0 Å². The summed E-state index contributed by atoms with van der Waals surface area (Å²) in [5.74, 6) is 1.73. The third-order valence-corrected chi connectivity index (χ3v) is 10.5. The number of anilines is 2. The smallest absolute Gasteiger partial charge is 0.282 e.